The van der Waals surface area contributed by atoms with E-state index in [1.165, 1.54) is 6.42 Å². The Bertz CT molecular complexity index is 571. The summed E-state index contributed by atoms with van der Waals surface area (Å²) in [6, 6.07) is 3.58. The van der Waals surface area contributed by atoms with E-state index in [1.54, 1.807) is 12.1 Å². The lowest BCUT2D eigenvalue weighted by Gasteiger charge is -2.32. The van der Waals surface area contributed by atoms with Crippen LogP contribution in [0.1, 0.15) is 47.0 Å². The maximum absolute atomic E-state index is 6.42. The highest BCUT2D eigenvalue weighted by Crippen LogP contribution is 2.38. The molecule has 6 heteroatoms. The number of benzene rings is 1. The van der Waals surface area contributed by atoms with E-state index in [2.05, 4.69) is 0 Å². The van der Waals surface area contributed by atoms with E-state index in [4.69, 9.17) is 31.4 Å². The lowest BCUT2D eigenvalue weighted by atomic mass is 9.78. The quantitative estimate of drug-likeness (QED) is 0.686. The standard InChI is InChI=1S/C16H23BClNO3/c1-15(2)16(3,4)22-17(21-15)11-8-13(19)14(9-12(11)18)20-10-6-5-7-10/h8-10H,5-7,19H2,1-4H3. The molecule has 0 spiro atoms. The SMILES string of the molecule is CC1(C)OB(c2cc(N)c(OC3CCC3)cc2Cl)OC1(C)C. The zero-order chi connectivity index (χ0) is 16.1. The second-order valence-corrected chi connectivity index (χ2v) is 7.58. The Hall–Kier alpha value is -0.905. The molecule has 1 aromatic rings. The minimum absolute atomic E-state index is 0.265. The molecule has 0 radical (unpaired) electrons. The molecule has 1 aromatic carbocycles. The number of nitrogens with two attached hydrogens (primary N) is 1. The first-order valence-electron chi connectivity index (χ1n) is 7.81. The van der Waals surface area contributed by atoms with Crippen molar-refractivity contribution in [2.45, 2.75) is 64.3 Å². The fraction of sp³-hybridized carbons (Fsp3) is 0.625. The van der Waals surface area contributed by atoms with Gasteiger partial charge in [0.2, 0.25) is 0 Å². The van der Waals surface area contributed by atoms with Crippen LogP contribution in [0, 0.1) is 0 Å². The molecule has 0 bridgehead atoms. The van der Waals surface area contributed by atoms with E-state index < -0.39 is 18.3 Å². The lowest BCUT2D eigenvalue weighted by Crippen LogP contribution is -2.41. The monoisotopic (exact) mass is 323 g/mol. The van der Waals surface area contributed by atoms with E-state index in [9.17, 15) is 0 Å². The highest BCUT2D eigenvalue weighted by atomic mass is 35.5. The van der Waals surface area contributed by atoms with Crippen molar-refractivity contribution in [3.63, 3.8) is 0 Å². The van der Waals surface area contributed by atoms with Crippen LogP contribution in [0.2, 0.25) is 5.02 Å². The molecule has 1 heterocycles. The van der Waals surface area contributed by atoms with E-state index >= 15 is 0 Å². The summed E-state index contributed by atoms with van der Waals surface area (Å²) in [5.74, 6) is 0.648. The van der Waals surface area contributed by atoms with Gasteiger partial charge < -0.3 is 19.8 Å². The first-order chi connectivity index (χ1) is 10.2. The molecule has 2 N–H and O–H groups in total. The van der Waals surface area contributed by atoms with Crippen molar-refractivity contribution in [1.29, 1.82) is 0 Å². The molecule has 4 nitrogen and oxygen atoms in total. The van der Waals surface area contributed by atoms with Gasteiger partial charge in [0, 0.05) is 16.6 Å². The Morgan fingerprint density at radius 3 is 2.27 bits per heavy atom. The summed E-state index contributed by atoms with van der Waals surface area (Å²) in [6.45, 7) is 8.05. The van der Waals surface area contributed by atoms with Crippen LogP contribution in [-0.2, 0) is 9.31 Å². The second kappa shape index (κ2) is 5.32. The summed E-state index contributed by atoms with van der Waals surface area (Å²) in [7, 11) is -0.516. The van der Waals surface area contributed by atoms with Gasteiger partial charge in [-0.3, -0.25) is 0 Å². The van der Waals surface area contributed by atoms with Crippen LogP contribution in [0.5, 0.6) is 5.75 Å². The third kappa shape index (κ3) is 2.70. The third-order valence-corrected chi connectivity index (χ3v) is 5.31. The van der Waals surface area contributed by atoms with Crippen LogP contribution in [0.3, 0.4) is 0 Å². The van der Waals surface area contributed by atoms with Crippen molar-refractivity contribution >= 4 is 29.9 Å². The number of hydrogen-bond acceptors (Lipinski definition) is 4. The molecule has 0 aromatic heterocycles. The van der Waals surface area contributed by atoms with Gasteiger partial charge in [0.05, 0.1) is 23.0 Å². The van der Waals surface area contributed by atoms with E-state index in [0.717, 1.165) is 18.3 Å². The summed E-state index contributed by atoms with van der Waals surface area (Å²) in [5, 5.41) is 0.557. The predicted molar refractivity (Wildman–Crippen MR) is 89.8 cm³/mol. The van der Waals surface area contributed by atoms with Gasteiger partial charge in [0.1, 0.15) is 5.75 Å². The van der Waals surface area contributed by atoms with Gasteiger partial charge in [-0.15, -0.1) is 0 Å². The minimum atomic E-state index is -0.516. The van der Waals surface area contributed by atoms with Gasteiger partial charge in [-0.1, -0.05) is 11.6 Å². The molecular weight excluding hydrogens is 300 g/mol. The second-order valence-electron chi connectivity index (χ2n) is 7.17. The largest absolute Gasteiger partial charge is 0.496 e. The molecule has 2 fully saturated rings. The predicted octanol–water partition coefficient (Wildman–Crippen LogP) is 3.15. The molecule has 1 aliphatic carbocycles. The summed E-state index contributed by atoms with van der Waals surface area (Å²) < 4.78 is 17.9. The molecule has 0 amide bonds. The first-order valence-corrected chi connectivity index (χ1v) is 8.18. The number of halogens is 1. The average molecular weight is 324 g/mol. The molecule has 3 rings (SSSR count). The van der Waals surface area contributed by atoms with E-state index in [-0.39, 0.29) is 6.10 Å². The third-order valence-electron chi connectivity index (χ3n) is 4.98. The Morgan fingerprint density at radius 1 is 1.18 bits per heavy atom. The average Bonchev–Trinajstić information content (AvgIpc) is 2.56. The van der Waals surface area contributed by atoms with Crippen molar-refractivity contribution in [2.75, 3.05) is 5.73 Å². The first kappa shape index (κ1) is 16.0. The van der Waals surface area contributed by atoms with E-state index in [0.29, 0.717) is 16.5 Å². The molecule has 2 aliphatic rings. The van der Waals surface area contributed by atoms with Gasteiger partial charge in [-0.2, -0.15) is 0 Å². The van der Waals surface area contributed by atoms with Gasteiger partial charge >= 0.3 is 7.12 Å². The van der Waals surface area contributed by atoms with Crippen LogP contribution in [0.15, 0.2) is 12.1 Å². The number of ether oxygens (including phenoxy) is 1. The van der Waals surface area contributed by atoms with Crippen molar-refractivity contribution in [3.05, 3.63) is 17.2 Å². The molecular formula is C16H23BClNO3. The summed E-state index contributed by atoms with van der Waals surface area (Å²) in [4.78, 5) is 0. The normalized spacial score (nSPS) is 23.4. The molecule has 0 atom stereocenters. The topological polar surface area (TPSA) is 53.7 Å². The minimum Gasteiger partial charge on any atom is -0.488 e. The van der Waals surface area contributed by atoms with Gasteiger partial charge in [0.25, 0.3) is 0 Å². The Morgan fingerprint density at radius 2 is 1.77 bits per heavy atom. The molecule has 120 valence electrons. The number of anilines is 1. The van der Waals surface area contributed by atoms with Gasteiger partial charge in [-0.05, 0) is 53.0 Å². The summed E-state index contributed by atoms with van der Waals surface area (Å²) >= 11 is 6.42. The maximum atomic E-state index is 6.42. The fourth-order valence-corrected chi connectivity index (χ4v) is 2.75. The zero-order valence-electron chi connectivity index (χ0n) is 13.6. The Kier molecular flexibility index (Phi) is 3.87. The van der Waals surface area contributed by atoms with Crippen LogP contribution in [-0.4, -0.2) is 24.4 Å². The molecule has 1 aliphatic heterocycles. The maximum Gasteiger partial charge on any atom is 0.496 e. The number of nitrogen functional groups attached to an aromatic ring is 1. The molecule has 1 saturated heterocycles. The Labute approximate surface area is 137 Å². The summed E-state index contributed by atoms with van der Waals surface area (Å²) in [6.07, 6.45) is 3.64. The Balaban J connectivity index is 1.84. The van der Waals surface area contributed by atoms with Crippen molar-refractivity contribution in [1.82, 2.24) is 0 Å². The van der Waals surface area contributed by atoms with Crippen LogP contribution in [0.25, 0.3) is 0 Å². The van der Waals surface area contributed by atoms with Crippen molar-refractivity contribution in [2.24, 2.45) is 0 Å². The molecule has 1 saturated carbocycles. The fourth-order valence-electron chi connectivity index (χ4n) is 2.51. The van der Waals surface area contributed by atoms with E-state index in [1.807, 2.05) is 27.7 Å². The van der Waals surface area contributed by atoms with Crippen LogP contribution >= 0.6 is 11.6 Å². The highest BCUT2D eigenvalue weighted by Gasteiger charge is 2.52. The van der Waals surface area contributed by atoms with Crippen molar-refractivity contribution in [3.8, 4) is 5.75 Å². The number of rotatable bonds is 3. The van der Waals surface area contributed by atoms with Gasteiger partial charge in [-0.25, -0.2) is 0 Å². The van der Waals surface area contributed by atoms with Crippen LogP contribution < -0.4 is 15.9 Å². The van der Waals surface area contributed by atoms with Crippen molar-refractivity contribution < 1.29 is 14.0 Å². The number of hydrogen-bond donors (Lipinski definition) is 1. The smallest absolute Gasteiger partial charge is 0.488 e. The lowest BCUT2D eigenvalue weighted by molar-refractivity contribution is 0.00578. The highest BCUT2D eigenvalue weighted by molar-refractivity contribution is 6.65. The van der Waals surface area contributed by atoms with Gasteiger partial charge in [0.15, 0.2) is 0 Å². The van der Waals surface area contributed by atoms with Crippen LogP contribution in [0.4, 0.5) is 5.69 Å². The molecule has 22 heavy (non-hydrogen) atoms. The zero-order valence-corrected chi connectivity index (χ0v) is 14.4. The molecule has 0 unspecified atom stereocenters. The summed E-state index contributed by atoms with van der Waals surface area (Å²) in [5.41, 5.74) is 6.63.